The highest BCUT2D eigenvalue weighted by atomic mass is 35.5. The molecule has 1 N–H and O–H groups in total. The van der Waals surface area contributed by atoms with Gasteiger partial charge in [0.15, 0.2) is 0 Å². The van der Waals surface area contributed by atoms with Crippen LogP contribution in [0.3, 0.4) is 0 Å². The van der Waals surface area contributed by atoms with Gasteiger partial charge in [-0.05, 0) is 30.3 Å². The number of nitrogens with zero attached hydrogens (tertiary/aromatic N) is 1. The molecule has 3 aromatic rings. The number of nitrogens with one attached hydrogen (secondary N) is 1. The van der Waals surface area contributed by atoms with Crippen LogP contribution < -0.4 is 0 Å². The summed E-state index contributed by atoms with van der Waals surface area (Å²) >= 11 is 12.0. The zero-order valence-corrected chi connectivity index (χ0v) is 11.4. The summed E-state index contributed by atoms with van der Waals surface area (Å²) in [4.78, 5) is 7.64. The lowest BCUT2D eigenvalue weighted by molar-refractivity contribution is 1.31. The molecule has 0 amide bonds. The summed E-state index contributed by atoms with van der Waals surface area (Å²) in [6, 6.07) is 15.2. The molecule has 0 atom stereocenters. The Morgan fingerprint density at radius 1 is 0.895 bits per heavy atom. The van der Waals surface area contributed by atoms with E-state index in [1.165, 1.54) is 0 Å². The van der Waals surface area contributed by atoms with E-state index in [1.807, 2.05) is 48.5 Å². The molecule has 1 aromatic heterocycles. The molecule has 0 saturated heterocycles. The Kier molecular flexibility index (Phi) is 3.28. The maximum absolute atomic E-state index is 6.17. The molecule has 0 unspecified atom stereocenters. The molecule has 0 aliphatic heterocycles. The zero-order chi connectivity index (χ0) is 13.2. The van der Waals surface area contributed by atoms with Crippen LogP contribution in [0.25, 0.3) is 22.6 Å². The number of rotatable bonds is 2. The number of benzene rings is 2. The Hall–Kier alpha value is -1.77. The van der Waals surface area contributed by atoms with Crippen LogP contribution in [0.2, 0.25) is 10.0 Å². The SMILES string of the molecule is Clc1ccc(-c2ncc(-c3ccccc3Cl)[nH]2)cc1. The minimum Gasteiger partial charge on any atom is -0.338 e. The largest absolute Gasteiger partial charge is 0.338 e. The molecule has 0 radical (unpaired) electrons. The Morgan fingerprint density at radius 3 is 2.37 bits per heavy atom. The number of aromatic amines is 1. The van der Waals surface area contributed by atoms with Crippen molar-refractivity contribution in [1.29, 1.82) is 0 Å². The summed E-state index contributed by atoms with van der Waals surface area (Å²) in [6.07, 6.45) is 1.78. The van der Waals surface area contributed by atoms with Crippen molar-refractivity contribution in [2.75, 3.05) is 0 Å². The van der Waals surface area contributed by atoms with Gasteiger partial charge in [-0.3, -0.25) is 0 Å². The van der Waals surface area contributed by atoms with Crippen molar-refractivity contribution in [1.82, 2.24) is 9.97 Å². The van der Waals surface area contributed by atoms with Crippen molar-refractivity contribution in [3.05, 3.63) is 64.8 Å². The fourth-order valence-corrected chi connectivity index (χ4v) is 2.26. The van der Waals surface area contributed by atoms with Gasteiger partial charge in [-0.1, -0.05) is 41.4 Å². The minimum absolute atomic E-state index is 0.703. The van der Waals surface area contributed by atoms with Gasteiger partial charge in [0.2, 0.25) is 0 Å². The summed E-state index contributed by atoms with van der Waals surface area (Å²) in [5, 5.41) is 1.41. The van der Waals surface area contributed by atoms with E-state index in [0.29, 0.717) is 10.0 Å². The van der Waals surface area contributed by atoms with Crippen LogP contribution in [-0.2, 0) is 0 Å². The quantitative estimate of drug-likeness (QED) is 0.702. The van der Waals surface area contributed by atoms with E-state index in [9.17, 15) is 0 Å². The van der Waals surface area contributed by atoms with Crippen LogP contribution in [0.15, 0.2) is 54.7 Å². The number of hydrogen-bond donors (Lipinski definition) is 1. The lowest BCUT2D eigenvalue weighted by Crippen LogP contribution is -1.81. The number of aromatic nitrogens is 2. The van der Waals surface area contributed by atoms with Crippen LogP contribution in [-0.4, -0.2) is 9.97 Å². The Balaban J connectivity index is 2.00. The molecule has 3 rings (SSSR count). The lowest BCUT2D eigenvalue weighted by atomic mass is 10.2. The summed E-state index contributed by atoms with van der Waals surface area (Å²) in [6.45, 7) is 0. The molecule has 1 heterocycles. The van der Waals surface area contributed by atoms with Crippen molar-refractivity contribution in [2.24, 2.45) is 0 Å². The number of halogens is 2. The lowest BCUT2D eigenvalue weighted by Gasteiger charge is -2.00. The minimum atomic E-state index is 0.703. The van der Waals surface area contributed by atoms with E-state index < -0.39 is 0 Å². The first-order valence-corrected chi connectivity index (χ1v) is 6.55. The summed E-state index contributed by atoms with van der Waals surface area (Å²) in [7, 11) is 0. The fraction of sp³-hybridized carbons (Fsp3) is 0. The molecule has 0 aliphatic rings. The Labute approximate surface area is 121 Å². The van der Waals surface area contributed by atoms with Gasteiger partial charge in [0, 0.05) is 21.2 Å². The highest BCUT2D eigenvalue weighted by Crippen LogP contribution is 2.28. The number of hydrogen-bond acceptors (Lipinski definition) is 1. The summed E-state index contributed by atoms with van der Waals surface area (Å²) in [5.74, 6) is 0.798. The molecule has 0 aliphatic carbocycles. The van der Waals surface area contributed by atoms with E-state index >= 15 is 0 Å². The van der Waals surface area contributed by atoms with Crippen molar-refractivity contribution < 1.29 is 0 Å². The molecular formula is C15H10Cl2N2. The van der Waals surface area contributed by atoms with E-state index in [1.54, 1.807) is 6.20 Å². The fourth-order valence-electron chi connectivity index (χ4n) is 1.89. The van der Waals surface area contributed by atoms with Gasteiger partial charge in [-0.2, -0.15) is 0 Å². The molecule has 0 fully saturated rings. The first-order chi connectivity index (χ1) is 9.24. The second-order valence-corrected chi connectivity index (χ2v) is 4.98. The third kappa shape index (κ3) is 2.50. The van der Waals surface area contributed by atoms with Crippen molar-refractivity contribution >= 4 is 23.2 Å². The molecular weight excluding hydrogens is 279 g/mol. The number of H-pyrrole nitrogens is 1. The molecule has 0 bridgehead atoms. The average molecular weight is 289 g/mol. The second kappa shape index (κ2) is 5.08. The third-order valence-electron chi connectivity index (χ3n) is 2.86. The van der Waals surface area contributed by atoms with Crippen LogP contribution >= 0.6 is 23.2 Å². The van der Waals surface area contributed by atoms with Crippen LogP contribution in [0.5, 0.6) is 0 Å². The van der Waals surface area contributed by atoms with Gasteiger partial charge < -0.3 is 4.98 Å². The van der Waals surface area contributed by atoms with Gasteiger partial charge in [0.05, 0.1) is 11.9 Å². The van der Waals surface area contributed by atoms with Crippen molar-refractivity contribution in [2.45, 2.75) is 0 Å². The van der Waals surface area contributed by atoms with Gasteiger partial charge in [-0.25, -0.2) is 4.98 Å². The zero-order valence-electron chi connectivity index (χ0n) is 9.90. The van der Waals surface area contributed by atoms with Gasteiger partial charge in [-0.15, -0.1) is 0 Å². The Morgan fingerprint density at radius 2 is 1.63 bits per heavy atom. The topological polar surface area (TPSA) is 28.7 Å². The van der Waals surface area contributed by atoms with Gasteiger partial charge >= 0.3 is 0 Å². The van der Waals surface area contributed by atoms with Crippen LogP contribution in [0.1, 0.15) is 0 Å². The van der Waals surface area contributed by atoms with Gasteiger partial charge in [0.25, 0.3) is 0 Å². The normalized spacial score (nSPS) is 10.6. The molecule has 4 heteroatoms. The maximum Gasteiger partial charge on any atom is 0.137 e. The standard InChI is InChI=1S/C15H10Cl2N2/c16-11-7-5-10(6-8-11)15-18-9-14(19-15)12-3-1-2-4-13(12)17/h1-9H,(H,18,19). The average Bonchev–Trinajstić information content (AvgIpc) is 2.89. The molecule has 0 saturated carbocycles. The number of imidazole rings is 1. The maximum atomic E-state index is 6.17. The molecule has 2 aromatic carbocycles. The van der Waals surface area contributed by atoms with Gasteiger partial charge in [0.1, 0.15) is 5.82 Å². The molecule has 0 spiro atoms. The highest BCUT2D eigenvalue weighted by Gasteiger charge is 2.07. The smallest absolute Gasteiger partial charge is 0.137 e. The monoisotopic (exact) mass is 288 g/mol. The van der Waals surface area contributed by atoms with E-state index in [-0.39, 0.29) is 0 Å². The highest BCUT2D eigenvalue weighted by molar-refractivity contribution is 6.33. The Bertz CT molecular complexity index is 702. The summed E-state index contributed by atoms with van der Waals surface area (Å²) in [5.41, 5.74) is 2.83. The van der Waals surface area contributed by atoms with Crippen LogP contribution in [0.4, 0.5) is 0 Å². The van der Waals surface area contributed by atoms with Crippen molar-refractivity contribution in [3.63, 3.8) is 0 Å². The first-order valence-electron chi connectivity index (χ1n) is 5.80. The molecule has 2 nitrogen and oxygen atoms in total. The third-order valence-corrected chi connectivity index (χ3v) is 3.44. The van der Waals surface area contributed by atoms with Crippen molar-refractivity contribution in [3.8, 4) is 22.6 Å². The van der Waals surface area contributed by atoms with E-state index in [4.69, 9.17) is 23.2 Å². The second-order valence-electron chi connectivity index (χ2n) is 4.13. The first kappa shape index (κ1) is 12.3. The predicted molar refractivity (Wildman–Crippen MR) is 79.5 cm³/mol. The van der Waals surface area contributed by atoms with Crippen LogP contribution in [0, 0.1) is 0 Å². The van der Waals surface area contributed by atoms with E-state index in [2.05, 4.69) is 9.97 Å². The van der Waals surface area contributed by atoms with E-state index in [0.717, 1.165) is 22.6 Å². The molecule has 94 valence electrons. The molecule has 19 heavy (non-hydrogen) atoms. The summed E-state index contributed by atoms with van der Waals surface area (Å²) < 4.78 is 0. The predicted octanol–water partition coefficient (Wildman–Crippen LogP) is 5.05.